The first kappa shape index (κ1) is 18.8. The van der Waals surface area contributed by atoms with Gasteiger partial charge < -0.3 is 9.88 Å². The average Bonchev–Trinajstić information content (AvgIpc) is 2.98. The minimum absolute atomic E-state index is 0.0156. The molecule has 1 atom stereocenters. The van der Waals surface area contributed by atoms with Crippen LogP contribution in [-0.2, 0) is 11.2 Å². The van der Waals surface area contributed by atoms with Gasteiger partial charge in [-0.25, -0.2) is 9.37 Å². The van der Waals surface area contributed by atoms with Crippen LogP contribution in [0, 0.1) is 19.7 Å². The summed E-state index contributed by atoms with van der Waals surface area (Å²) in [5.41, 5.74) is 1.27. The Morgan fingerprint density at radius 3 is 2.93 bits per heavy atom. The van der Waals surface area contributed by atoms with E-state index in [-0.39, 0.29) is 29.6 Å². The average molecular weight is 399 g/mol. The van der Waals surface area contributed by atoms with Crippen LogP contribution < -0.4 is 5.56 Å². The molecule has 1 aliphatic rings. The van der Waals surface area contributed by atoms with Crippen molar-refractivity contribution in [3.8, 4) is 0 Å². The molecule has 1 fully saturated rings. The van der Waals surface area contributed by atoms with Crippen LogP contribution in [0.1, 0.15) is 40.6 Å². The molecule has 1 saturated heterocycles. The first-order valence-corrected chi connectivity index (χ1v) is 10.3. The Morgan fingerprint density at radius 1 is 1.36 bits per heavy atom. The second kappa shape index (κ2) is 7.47. The fraction of sp³-hybridized carbons (Fsp3) is 0.381. The van der Waals surface area contributed by atoms with Gasteiger partial charge in [-0.2, -0.15) is 0 Å². The molecule has 1 N–H and O–H groups in total. The number of fused-ring (bicyclic) bond motifs is 1. The number of nitrogens with one attached hydrogen (secondary N) is 1. The van der Waals surface area contributed by atoms with E-state index in [2.05, 4.69) is 4.98 Å². The Kier molecular flexibility index (Phi) is 5.02. The number of carbonyl (C=O) groups is 1. The number of hydrogen-bond acceptors (Lipinski definition) is 4. The van der Waals surface area contributed by atoms with Gasteiger partial charge >= 0.3 is 0 Å². The van der Waals surface area contributed by atoms with E-state index in [1.165, 1.54) is 17.4 Å². The van der Waals surface area contributed by atoms with Crippen LogP contribution in [0.25, 0.3) is 10.2 Å². The molecular weight excluding hydrogens is 377 g/mol. The minimum atomic E-state index is -0.357. The highest BCUT2D eigenvalue weighted by molar-refractivity contribution is 7.18. The smallest absolute Gasteiger partial charge is 0.259 e. The van der Waals surface area contributed by atoms with Crippen LogP contribution in [-0.4, -0.2) is 33.9 Å². The maximum Gasteiger partial charge on any atom is 0.259 e. The van der Waals surface area contributed by atoms with E-state index < -0.39 is 0 Å². The van der Waals surface area contributed by atoms with E-state index in [1.807, 2.05) is 13.8 Å². The van der Waals surface area contributed by atoms with Crippen molar-refractivity contribution in [1.29, 1.82) is 0 Å². The van der Waals surface area contributed by atoms with Crippen molar-refractivity contribution in [2.75, 3.05) is 13.1 Å². The van der Waals surface area contributed by atoms with E-state index in [1.54, 1.807) is 23.1 Å². The second-order valence-corrected chi connectivity index (χ2v) is 8.56. The molecule has 3 aromatic rings. The summed E-state index contributed by atoms with van der Waals surface area (Å²) < 4.78 is 13.9. The highest BCUT2D eigenvalue weighted by Crippen LogP contribution is 2.29. The summed E-state index contributed by atoms with van der Waals surface area (Å²) in [6.45, 7) is 5.07. The van der Waals surface area contributed by atoms with Gasteiger partial charge in [0, 0.05) is 23.9 Å². The number of amides is 1. The molecule has 0 unspecified atom stereocenters. The minimum Gasteiger partial charge on any atom is -0.342 e. The third-order valence-corrected chi connectivity index (χ3v) is 6.62. The maximum atomic E-state index is 13.9. The quantitative estimate of drug-likeness (QED) is 0.730. The number of nitrogens with zero attached hydrogens (tertiary/aromatic N) is 2. The van der Waals surface area contributed by atoms with E-state index >= 15 is 0 Å². The van der Waals surface area contributed by atoms with Gasteiger partial charge in [-0.15, -0.1) is 11.3 Å². The lowest BCUT2D eigenvalue weighted by Crippen LogP contribution is -2.40. The van der Waals surface area contributed by atoms with E-state index in [9.17, 15) is 14.0 Å². The van der Waals surface area contributed by atoms with Crippen LogP contribution in [0.4, 0.5) is 4.39 Å². The van der Waals surface area contributed by atoms with Gasteiger partial charge in [0.15, 0.2) is 0 Å². The zero-order valence-electron chi connectivity index (χ0n) is 15.9. The number of aromatic amines is 1. The van der Waals surface area contributed by atoms with Gasteiger partial charge in [0.05, 0.1) is 11.8 Å². The number of thiophene rings is 1. The van der Waals surface area contributed by atoms with Crippen molar-refractivity contribution >= 4 is 27.5 Å². The SMILES string of the molecule is Cc1sc2nc([C@@H]3CCCN(C(=O)Cc4ccccc4F)C3)[nH]c(=O)c2c1C. The largest absolute Gasteiger partial charge is 0.342 e. The number of piperidine rings is 1. The summed E-state index contributed by atoms with van der Waals surface area (Å²) in [6.07, 6.45) is 1.74. The molecule has 146 valence electrons. The van der Waals surface area contributed by atoms with Gasteiger partial charge in [-0.3, -0.25) is 9.59 Å². The lowest BCUT2D eigenvalue weighted by atomic mass is 9.96. The van der Waals surface area contributed by atoms with Gasteiger partial charge in [-0.1, -0.05) is 18.2 Å². The van der Waals surface area contributed by atoms with E-state index in [0.717, 1.165) is 28.1 Å². The Hall–Kier alpha value is -2.54. The summed E-state index contributed by atoms with van der Waals surface area (Å²) in [6, 6.07) is 6.37. The zero-order chi connectivity index (χ0) is 19.8. The first-order chi connectivity index (χ1) is 13.4. The number of benzene rings is 1. The lowest BCUT2D eigenvalue weighted by molar-refractivity contribution is -0.131. The Bertz CT molecular complexity index is 1100. The highest BCUT2D eigenvalue weighted by atomic mass is 32.1. The molecule has 1 aliphatic heterocycles. The van der Waals surface area contributed by atoms with Crippen LogP contribution in [0.15, 0.2) is 29.1 Å². The summed E-state index contributed by atoms with van der Waals surface area (Å²) in [5.74, 6) is 0.172. The Balaban J connectivity index is 1.55. The molecule has 5 nitrogen and oxygen atoms in total. The number of carbonyl (C=O) groups excluding carboxylic acids is 1. The summed E-state index contributed by atoms with van der Waals surface area (Å²) in [4.78, 5) is 36.5. The third kappa shape index (κ3) is 3.46. The zero-order valence-corrected chi connectivity index (χ0v) is 16.7. The number of rotatable bonds is 3. The van der Waals surface area contributed by atoms with Gasteiger partial charge in [0.2, 0.25) is 5.91 Å². The monoisotopic (exact) mass is 399 g/mol. The van der Waals surface area contributed by atoms with Crippen LogP contribution in [0.2, 0.25) is 0 Å². The van der Waals surface area contributed by atoms with E-state index in [0.29, 0.717) is 29.9 Å². The predicted molar refractivity (Wildman–Crippen MR) is 108 cm³/mol. The molecule has 7 heteroatoms. The van der Waals surface area contributed by atoms with Gasteiger partial charge in [0.25, 0.3) is 5.56 Å². The predicted octanol–water partition coefficient (Wildman–Crippen LogP) is 3.69. The number of likely N-dealkylation sites (tertiary alicyclic amines) is 1. The van der Waals surface area contributed by atoms with Crippen molar-refractivity contribution in [3.63, 3.8) is 0 Å². The molecule has 0 radical (unpaired) electrons. The van der Waals surface area contributed by atoms with Gasteiger partial charge in [0.1, 0.15) is 16.5 Å². The van der Waals surface area contributed by atoms with Crippen molar-refractivity contribution in [2.45, 2.75) is 39.0 Å². The summed E-state index contributed by atoms with van der Waals surface area (Å²) in [5, 5.41) is 0.662. The molecule has 1 amide bonds. The molecule has 1 aromatic carbocycles. The standard InChI is InChI=1S/C21H22FN3O2S/c1-12-13(2)28-21-18(12)20(27)23-19(24-21)15-7-5-9-25(11-15)17(26)10-14-6-3-4-8-16(14)22/h3-4,6,8,15H,5,7,9-11H2,1-2H3,(H,23,24,27)/t15-/m1/s1. The van der Waals surface area contributed by atoms with Crippen molar-refractivity contribution in [1.82, 2.24) is 14.9 Å². The van der Waals surface area contributed by atoms with Crippen molar-refractivity contribution in [2.24, 2.45) is 0 Å². The van der Waals surface area contributed by atoms with E-state index in [4.69, 9.17) is 4.98 Å². The number of aromatic nitrogens is 2. The van der Waals surface area contributed by atoms with Gasteiger partial charge in [-0.05, 0) is 43.9 Å². The molecule has 4 rings (SSSR count). The molecule has 0 aliphatic carbocycles. The van der Waals surface area contributed by atoms with Crippen molar-refractivity contribution in [3.05, 3.63) is 62.3 Å². The molecule has 28 heavy (non-hydrogen) atoms. The number of hydrogen-bond donors (Lipinski definition) is 1. The topological polar surface area (TPSA) is 66.1 Å². The molecule has 3 heterocycles. The molecule has 2 aromatic heterocycles. The molecule has 0 bridgehead atoms. The van der Waals surface area contributed by atoms with Crippen LogP contribution in [0.3, 0.4) is 0 Å². The molecular formula is C21H22FN3O2S. The summed E-state index contributed by atoms with van der Waals surface area (Å²) in [7, 11) is 0. The molecule has 0 spiro atoms. The fourth-order valence-corrected chi connectivity index (χ4v) is 4.85. The Morgan fingerprint density at radius 2 is 2.14 bits per heavy atom. The maximum absolute atomic E-state index is 13.9. The number of H-pyrrole nitrogens is 1. The number of halogens is 1. The van der Waals surface area contributed by atoms with Crippen LogP contribution in [0.5, 0.6) is 0 Å². The fourth-order valence-electron chi connectivity index (χ4n) is 3.81. The Labute approximate surface area is 166 Å². The molecule has 0 saturated carbocycles. The third-order valence-electron chi connectivity index (χ3n) is 5.52. The normalized spacial score (nSPS) is 17.2. The highest BCUT2D eigenvalue weighted by Gasteiger charge is 2.27. The second-order valence-electron chi connectivity index (χ2n) is 7.36. The number of aryl methyl sites for hydroxylation is 2. The van der Waals surface area contributed by atoms with Crippen molar-refractivity contribution < 1.29 is 9.18 Å². The summed E-state index contributed by atoms with van der Waals surface area (Å²) >= 11 is 1.53. The first-order valence-electron chi connectivity index (χ1n) is 9.45. The van der Waals surface area contributed by atoms with Crippen LogP contribution >= 0.6 is 11.3 Å². The lowest BCUT2D eigenvalue weighted by Gasteiger charge is -2.32.